The van der Waals surface area contributed by atoms with E-state index < -0.39 is 5.91 Å². The van der Waals surface area contributed by atoms with Gasteiger partial charge in [-0.2, -0.15) is 5.10 Å². The van der Waals surface area contributed by atoms with Crippen LogP contribution in [0, 0.1) is 13.8 Å². The Morgan fingerprint density at radius 2 is 2.08 bits per heavy atom. The van der Waals surface area contributed by atoms with E-state index in [-0.39, 0.29) is 6.03 Å². The van der Waals surface area contributed by atoms with Crippen molar-refractivity contribution >= 4 is 11.9 Å². The van der Waals surface area contributed by atoms with E-state index in [1.165, 1.54) is 5.56 Å². The molecule has 2 aromatic rings. The highest BCUT2D eigenvalue weighted by Crippen LogP contribution is 2.22. The summed E-state index contributed by atoms with van der Waals surface area (Å²) >= 11 is 0. The van der Waals surface area contributed by atoms with Gasteiger partial charge in [-0.25, -0.2) is 4.79 Å². The molecule has 0 bridgehead atoms. The van der Waals surface area contributed by atoms with E-state index in [9.17, 15) is 9.59 Å². The standard InChI is InChI=1S/C19H25N5O2/c1-12-15(13(2)23(3)22-12)7-9-21-19(26)24-10-8-16-14(11-24)5-4-6-17(16)18(20)25/h4-6H,7-11H2,1-3H3,(H2,20,25)(H,21,26). The van der Waals surface area contributed by atoms with Crippen LogP contribution in [-0.4, -0.2) is 39.7 Å². The summed E-state index contributed by atoms with van der Waals surface area (Å²) in [6, 6.07) is 5.42. The van der Waals surface area contributed by atoms with Gasteiger partial charge in [0.2, 0.25) is 5.91 Å². The van der Waals surface area contributed by atoms with Crippen LogP contribution in [0.15, 0.2) is 18.2 Å². The van der Waals surface area contributed by atoms with Crippen molar-refractivity contribution in [3.8, 4) is 0 Å². The summed E-state index contributed by atoms with van der Waals surface area (Å²) in [5, 5.41) is 7.39. The summed E-state index contributed by atoms with van der Waals surface area (Å²) < 4.78 is 1.87. The van der Waals surface area contributed by atoms with Crippen LogP contribution in [0.4, 0.5) is 4.79 Å². The predicted octanol–water partition coefficient (Wildman–Crippen LogP) is 1.45. The van der Waals surface area contributed by atoms with Gasteiger partial charge in [-0.15, -0.1) is 0 Å². The summed E-state index contributed by atoms with van der Waals surface area (Å²) in [6.45, 7) is 5.66. The highest BCUT2D eigenvalue weighted by atomic mass is 16.2. The zero-order valence-corrected chi connectivity index (χ0v) is 15.5. The fraction of sp³-hybridized carbons (Fsp3) is 0.421. The molecular formula is C19H25N5O2. The first-order valence-corrected chi connectivity index (χ1v) is 8.81. The van der Waals surface area contributed by atoms with Gasteiger partial charge in [0.1, 0.15) is 0 Å². The second-order valence-corrected chi connectivity index (χ2v) is 6.73. The van der Waals surface area contributed by atoms with Gasteiger partial charge in [0.25, 0.3) is 0 Å². The Bertz CT molecular complexity index is 856. The predicted molar refractivity (Wildman–Crippen MR) is 98.9 cm³/mol. The van der Waals surface area contributed by atoms with Gasteiger partial charge in [0.05, 0.1) is 5.69 Å². The van der Waals surface area contributed by atoms with Gasteiger partial charge in [-0.05, 0) is 49.4 Å². The van der Waals surface area contributed by atoms with Crippen LogP contribution < -0.4 is 11.1 Å². The number of benzene rings is 1. The molecule has 0 saturated heterocycles. The minimum absolute atomic E-state index is 0.0840. The first-order valence-electron chi connectivity index (χ1n) is 8.81. The number of aryl methyl sites for hydroxylation is 2. The molecule has 1 aromatic heterocycles. The maximum absolute atomic E-state index is 12.5. The van der Waals surface area contributed by atoms with Crippen molar-refractivity contribution in [1.29, 1.82) is 0 Å². The highest BCUT2D eigenvalue weighted by molar-refractivity contribution is 5.94. The second-order valence-electron chi connectivity index (χ2n) is 6.73. The number of rotatable bonds is 4. The number of nitrogens with zero attached hydrogens (tertiary/aromatic N) is 3. The van der Waals surface area contributed by atoms with Crippen molar-refractivity contribution in [1.82, 2.24) is 20.0 Å². The third-order valence-corrected chi connectivity index (χ3v) is 5.13. The van der Waals surface area contributed by atoms with Gasteiger partial charge in [0, 0.05) is 37.9 Å². The Morgan fingerprint density at radius 3 is 2.73 bits per heavy atom. The molecule has 1 aromatic carbocycles. The van der Waals surface area contributed by atoms with Crippen molar-refractivity contribution in [3.05, 3.63) is 51.8 Å². The minimum Gasteiger partial charge on any atom is -0.366 e. The number of amides is 3. The molecule has 0 atom stereocenters. The van der Waals surface area contributed by atoms with Crippen LogP contribution in [0.25, 0.3) is 0 Å². The molecule has 0 saturated carbocycles. The molecule has 26 heavy (non-hydrogen) atoms. The fourth-order valence-electron chi connectivity index (χ4n) is 3.60. The smallest absolute Gasteiger partial charge is 0.317 e. The van der Waals surface area contributed by atoms with Crippen LogP contribution in [0.5, 0.6) is 0 Å². The number of urea groups is 1. The van der Waals surface area contributed by atoms with E-state index in [2.05, 4.69) is 10.4 Å². The number of nitrogens with one attached hydrogen (secondary N) is 1. The molecule has 1 aliphatic heterocycles. The van der Waals surface area contributed by atoms with E-state index in [4.69, 9.17) is 5.73 Å². The molecule has 0 fully saturated rings. The van der Waals surface area contributed by atoms with Crippen molar-refractivity contribution in [3.63, 3.8) is 0 Å². The third-order valence-electron chi connectivity index (χ3n) is 5.13. The van der Waals surface area contributed by atoms with E-state index in [1.54, 1.807) is 11.0 Å². The summed E-state index contributed by atoms with van der Waals surface area (Å²) in [5.41, 5.74) is 11.3. The largest absolute Gasteiger partial charge is 0.366 e. The number of hydrogen-bond acceptors (Lipinski definition) is 3. The van der Waals surface area contributed by atoms with Crippen LogP contribution >= 0.6 is 0 Å². The quantitative estimate of drug-likeness (QED) is 0.869. The number of primary amides is 1. The summed E-state index contributed by atoms with van der Waals surface area (Å²) in [6.07, 6.45) is 1.40. The molecule has 0 aliphatic carbocycles. The van der Waals surface area contributed by atoms with E-state index >= 15 is 0 Å². The van der Waals surface area contributed by atoms with Gasteiger partial charge in [0.15, 0.2) is 0 Å². The maximum atomic E-state index is 12.5. The first-order chi connectivity index (χ1) is 12.4. The van der Waals surface area contributed by atoms with E-state index in [0.29, 0.717) is 31.6 Å². The highest BCUT2D eigenvalue weighted by Gasteiger charge is 2.23. The SMILES string of the molecule is Cc1nn(C)c(C)c1CCNC(=O)N1CCc2c(cccc2C(N)=O)C1. The summed E-state index contributed by atoms with van der Waals surface area (Å²) in [4.78, 5) is 25.8. The molecule has 0 radical (unpaired) electrons. The van der Waals surface area contributed by atoms with Crippen LogP contribution in [0.1, 0.15) is 38.4 Å². The minimum atomic E-state index is -0.415. The lowest BCUT2D eigenvalue weighted by molar-refractivity contribution is 0.0999. The van der Waals surface area contributed by atoms with Crippen molar-refractivity contribution < 1.29 is 9.59 Å². The zero-order valence-electron chi connectivity index (χ0n) is 15.5. The monoisotopic (exact) mass is 355 g/mol. The Morgan fingerprint density at radius 1 is 1.31 bits per heavy atom. The molecule has 0 spiro atoms. The Labute approximate surface area is 153 Å². The molecule has 7 heteroatoms. The average Bonchev–Trinajstić information content (AvgIpc) is 2.86. The Kier molecular flexibility index (Phi) is 4.97. The lowest BCUT2D eigenvalue weighted by Gasteiger charge is -2.30. The number of hydrogen-bond donors (Lipinski definition) is 2. The molecular weight excluding hydrogens is 330 g/mol. The second kappa shape index (κ2) is 7.19. The van der Waals surface area contributed by atoms with Crippen molar-refractivity contribution in [2.75, 3.05) is 13.1 Å². The van der Waals surface area contributed by atoms with Crippen LogP contribution in [0.3, 0.4) is 0 Å². The molecule has 0 unspecified atom stereocenters. The van der Waals surface area contributed by atoms with Gasteiger partial charge in [-0.1, -0.05) is 12.1 Å². The Balaban J connectivity index is 1.60. The molecule has 1 aliphatic rings. The normalized spacial score (nSPS) is 13.4. The first kappa shape index (κ1) is 18.0. The lowest BCUT2D eigenvalue weighted by Crippen LogP contribution is -2.43. The van der Waals surface area contributed by atoms with Crippen molar-refractivity contribution in [2.45, 2.75) is 33.2 Å². The molecule has 2 heterocycles. The van der Waals surface area contributed by atoms with E-state index in [1.807, 2.05) is 37.7 Å². The molecule has 138 valence electrons. The number of fused-ring (bicyclic) bond motifs is 1. The van der Waals surface area contributed by atoms with Crippen LogP contribution in [-0.2, 0) is 26.4 Å². The van der Waals surface area contributed by atoms with Gasteiger partial charge in [-0.3, -0.25) is 9.48 Å². The number of carbonyl (C=O) groups excluding carboxylic acids is 2. The van der Waals surface area contributed by atoms with Crippen LogP contribution in [0.2, 0.25) is 0 Å². The zero-order chi connectivity index (χ0) is 18.8. The maximum Gasteiger partial charge on any atom is 0.317 e. The van der Waals surface area contributed by atoms with Gasteiger partial charge < -0.3 is 16.0 Å². The Hall–Kier alpha value is -2.83. The molecule has 3 amide bonds. The molecule has 3 rings (SSSR count). The fourth-order valence-corrected chi connectivity index (χ4v) is 3.60. The number of nitrogens with two attached hydrogens (primary N) is 1. The summed E-state index contributed by atoms with van der Waals surface area (Å²) in [7, 11) is 1.93. The molecule has 7 nitrogen and oxygen atoms in total. The number of aromatic nitrogens is 2. The summed E-state index contributed by atoms with van der Waals surface area (Å²) in [5.74, 6) is -0.415. The third kappa shape index (κ3) is 3.42. The lowest BCUT2D eigenvalue weighted by atomic mass is 9.94. The van der Waals surface area contributed by atoms with E-state index in [0.717, 1.165) is 28.9 Å². The topological polar surface area (TPSA) is 93.2 Å². The number of carbonyl (C=O) groups is 2. The van der Waals surface area contributed by atoms with Crippen molar-refractivity contribution in [2.24, 2.45) is 12.8 Å². The average molecular weight is 355 g/mol. The molecule has 3 N–H and O–H groups in total. The van der Waals surface area contributed by atoms with Gasteiger partial charge >= 0.3 is 6.03 Å².